The van der Waals surface area contributed by atoms with Crippen LogP contribution in [0.1, 0.15) is 37.6 Å². The van der Waals surface area contributed by atoms with Crippen LogP contribution >= 0.6 is 0 Å². The Kier molecular flexibility index (Phi) is 3.97. The van der Waals surface area contributed by atoms with E-state index in [1.165, 1.54) is 11.1 Å². The fraction of sp³-hybridized carbons (Fsp3) is 0.333. The number of imidazole rings is 1. The van der Waals surface area contributed by atoms with Gasteiger partial charge in [0.05, 0.1) is 5.54 Å². The van der Waals surface area contributed by atoms with Crippen molar-refractivity contribution >= 4 is 28.0 Å². The highest BCUT2D eigenvalue weighted by Gasteiger charge is 2.39. The number of rotatable bonds is 3. The summed E-state index contributed by atoms with van der Waals surface area (Å²) in [7, 11) is 2.02. The first-order chi connectivity index (χ1) is 14.3. The average Bonchev–Trinajstić information content (AvgIpc) is 3.37. The predicted molar refractivity (Wildman–Crippen MR) is 120 cm³/mol. The molecule has 1 aliphatic heterocycles. The Hall–Kier alpha value is -3.28. The molecule has 3 aromatic heterocycles. The number of hydrogen-bond donors (Lipinski definition) is 0. The molecule has 0 saturated carbocycles. The number of fused-ring (bicyclic) bond motifs is 3. The molecule has 6 nitrogen and oxygen atoms in total. The highest BCUT2D eigenvalue weighted by Crippen LogP contribution is 2.43. The lowest BCUT2D eigenvalue weighted by atomic mass is 9.85. The van der Waals surface area contributed by atoms with Crippen molar-refractivity contribution in [2.24, 2.45) is 7.05 Å². The second-order valence-electron chi connectivity index (χ2n) is 8.68. The number of nitrogens with zero attached hydrogens (tertiary/aromatic N) is 5. The van der Waals surface area contributed by atoms with E-state index in [9.17, 15) is 0 Å². The van der Waals surface area contributed by atoms with E-state index < -0.39 is 0 Å². The minimum absolute atomic E-state index is 0.120. The number of aromatic nitrogens is 3. The maximum atomic E-state index is 6.14. The number of furan rings is 1. The maximum Gasteiger partial charge on any atom is 0.227 e. The summed E-state index contributed by atoms with van der Waals surface area (Å²) in [6.45, 7) is 10.9. The molecule has 154 valence electrons. The highest BCUT2D eigenvalue weighted by molar-refractivity contribution is 6.06. The molecule has 0 fully saturated rings. The third kappa shape index (κ3) is 2.56. The van der Waals surface area contributed by atoms with E-state index in [0.29, 0.717) is 5.71 Å². The van der Waals surface area contributed by atoms with Crippen LogP contribution < -0.4 is 4.90 Å². The van der Waals surface area contributed by atoms with E-state index in [1.807, 2.05) is 30.9 Å². The van der Waals surface area contributed by atoms with Crippen LogP contribution in [0, 0.1) is 13.8 Å². The SMILES string of the molecule is Cc1ccc2c(n1)oc1ccc(C)c(C(C)(C)N3C=CN(c4nccn4C)[C@H]3C)c12. The Bertz CT molecular complexity index is 1300. The van der Waals surface area contributed by atoms with Crippen molar-refractivity contribution in [2.75, 3.05) is 4.90 Å². The number of hydrogen-bond acceptors (Lipinski definition) is 5. The van der Waals surface area contributed by atoms with Gasteiger partial charge in [-0.3, -0.25) is 4.90 Å². The molecule has 6 heteroatoms. The van der Waals surface area contributed by atoms with Gasteiger partial charge in [-0.25, -0.2) is 9.97 Å². The molecule has 0 saturated heterocycles. The summed E-state index contributed by atoms with van der Waals surface area (Å²) < 4.78 is 8.18. The van der Waals surface area contributed by atoms with E-state index >= 15 is 0 Å². The molecule has 0 radical (unpaired) electrons. The minimum atomic E-state index is -0.277. The fourth-order valence-corrected chi connectivity index (χ4v) is 4.88. The monoisotopic (exact) mass is 401 g/mol. The van der Waals surface area contributed by atoms with Crippen molar-refractivity contribution in [1.29, 1.82) is 0 Å². The average molecular weight is 402 g/mol. The number of benzene rings is 1. The van der Waals surface area contributed by atoms with Gasteiger partial charge >= 0.3 is 0 Å². The van der Waals surface area contributed by atoms with Crippen molar-refractivity contribution in [3.05, 3.63) is 65.9 Å². The smallest absolute Gasteiger partial charge is 0.227 e. The molecule has 30 heavy (non-hydrogen) atoms. The zero-order chi connectivity index (χ0) is 21.2. The van der Waals surface area contributed by atoms with Crippen molar-refractivity contribution in [1.82, 2.24) is 19.4 Å². The summed E-state index contributed by atoms with van der Waals surface area (Å²) in [6, 6.07) is 8.39. The van der Waals surface area contributed by atoms with Crippen LogP contribution in [0.3, 0.4) is 0 Å². The maximum absolute atomic E-state index is 6.14. The normalized spacial score (nSPS) is 17.1. The summed E-state index contributed by atoms with van der Waals surface area (Å²) >= 11 is 0. The Balaban J connectivity index is 1.66. The van der Waals surface area contributed by atoms with Crippen molar-refractivity contribution in [2.45, 2.75) is 46.3 Å². The van der Waals surface area contributed by atoms with Gasteiger partial charge in [-0.15, -0.1) is 0 Å². The van der Waals surface area contributed by atoms with Crippen molar-refractivity contribution < 1.29 is 4.42 Å². The summed E-state index contributed by atoms with van der Waals surface area (Å²) in [4.78, 5) is 13.8. The predicted octanol–water partition coefficient (Wildman–Crippen LogP) is 5.21. The first-order valence-electron chi connectivity index (χ1n) is 10.3. The van der Waals surface area contributed by atoms with Gasteiger partial charge in [-0.05, 0) is 63.9 Å². The highest BCUT2D eigenvalue weighted by atomic mass is 16.3. The van der Waals surface area contributed by atoms with Gasteiger partial charge in [0, 0.05) is 48.3 Å². The van der Waals surface area contributed by atoms with Crippen LogP contribution in [0.5, 0.6) is 0 Å². The van der Waals surface area contributed by atoms with Gasteiger partial charge in [-0.1, -0.05) is 6.07 Å². The van der Waals surface area contributed by atoms with Gasteiger partial charge in [0.25, 0.3) is 0 Å². The van der Waals surface area contributed by atoms with Crippen LogP contribution in [-0.4, -0.2) is 25.6 Å². The Morgan fingerprint density at radius 1 is 1.07 bits per heavy atom. The van der Waals surface area contributed by atoms with E-state index in [2.05, 4.69) is 84.1 Å². The summed E-state index contributed by atoms with van der Waals surface area (Å²) in [6.07, 6.45) is 8.21. The number of aryl methyl sites for hydroxylation is 3. The Morgan fingerprint density at radius 3 is 2.60 bits per heavy atom. The molecule has 0 N–H and O–H groups in total. The molecule has 0 spiro atoms. The van der Waals surface area contributed by atoms with Gasteiger partial charge in [0.15, 0.2) is 0 Å². The van der Waals surface area contributed by atoms with E-state index in [0.717, 1.165) is 28.0 Å². The van der Waals surface area contributed by atoms with Crippen molar-refractivity contribution in [3.8, 4) is 0 Å². The molecule has 0 amide bonds. The lowest BCUT2D eigenvalue weighted by Gasteiger charge is -2.42. The van der Waals surface area contributed by atoms with Crippen LogP contribution in [-0.2, 0) is 12.6 Å². The molecule has 1 aromatic carbocycles. The van der Waals surface area contributed by atoms with Crippen LogP contribution in [0.2, 0.25) is 0 Å². The molecule has 1 atom stereocenters. The largest absolute Gasteiger partial charge is 0.438 e. The zero-order valence-electron chi connectivity index (χ0n) is 18.3. The summed E-state index contributed by atoms with van der Waals surface area (Å²) in [5.74, 6) is 0.931. The lowest BCUT2D eigenvalue weighted by molar-refractivity contribution is 0.153. The first-order valence-corrected chi connectivity index (χ1v) is 10.3. The molecule has 0 bridgehead atoms. The minimum Gasteiger partial charge on any atom is -0.438 e. The van der Waals surface area contributed by atoms with E-state index in [1.54, 1.807) is 0 Å². The van der Waals surface area contributed by atoms with Gasteiger partial charge < -0.3 is 13.9 Å². The van der Waals surface area contributed by atoms with Gasteiger partial charge in [-0.2, -0.15) is 0 Å². The topological polar surface area (TPSA) is 50.3 Å². The molecule has 5 rings (SSSR count). The van der Waals surface area contributed by atoms with Gasteiger partial charge in [0.1, 0.15) is 11.7 Å². The fourth-order valence-electron chi connectivity index (χ4n) is 4.88. The number of pyridine rings is 1. The Morgan fingerprint density at radius 2 is 1.87 bits per heavy atom. The molecule has 4 heterocycles. The second kappa shape index (κ2) is 6.36. The van der Waals surface area contributed by atoms with Crippen LogP contribution in [0.4, 0.5) is 5.95 Å². The molecule has 0 unspecified atom stereocenters. The molecule has 0 aliphatic carbocycles. The van der Waals surface area contributed by atoms with Crippen LogP contribution in [0.15, 0.2) is 53.5 Å². The first kappa shape index (κ1) is 18.7. The lowest BCUT2D eigenvalue weighted by Crippen LogP contribution is -2.47. The standard InChI is InChI=1S/C24H27N5O/c1-15-7-10-19-20(18-9-8-16(2)26-22(18)30-19)21(15)24(4,5)29-14-13-28(17(29)3)23-25-11-12-27(23)6/h7-14,17H,1-6H3/t17-/m1/s1. The third-order valence-electron chi connectivity index (χ3n) is 6.33. The number of anilines is 1. The molecular weight excluding hydrogens is 374 g/mol. The van der Waals surface area contributed by atoms with Crippen molar-refractivity contribution in [3.63, 3.8) is 0 Å². The quantitative estimate of drug-likeness (QED) is 0.472. The summed E-state index contributed by atoms with van der Waals surface area (Å²) in [5.41, 5.74) is 4.78. The Labute approximate surface area is 176 Å². The third-order valence-corrected chi connectivity index (χ3v) is 6.33. The molecular formula is C24H27N5O. The van der Waals surface area contributed by atoms with Gasteiger partial charge in [0.2, 0.25) is 11.7 Å². The molecule has 4 aromatic rings. The van der Waals surface area contributed by atoms with Crippen LogP contribution in [0.25, 0.3) is 22.1 Å². The van der Waals surface area contributed by atoms with E-state index in [-0.39, 0.29) is 11.7 Å². The second-order valence-corrected chi connectivity index (χ2v) is 8.68. The molecule has 1 aliphatic rings. The zero-order valence-corrected chi connectivity index (χ0v) is 18.3. The van der Waals surface area contributed by atoms with E-state index in [4.69, 9.17) is 4.42 Å². The summed E-state index contributed by atoms with van der Waals surface area (Å²) in [5, 5.41) is 2.22.